The van der Waals surface area contributed by atoms with Crippen LogP contribution >= 0.6 is 0 Å². The van der Waals surface area contributed by atoms with Crippen molar-refractivity contribution in [3.63, 3.8) is 0 Å². The van der Waals surface area contributed by atoms with E-state index in [1.165, 1.54) is 6.42 Å². The van der Waals surface area contributed by atoms with Gasteiger partial charge in [0.2, 0.25) is 0 Å². The lowest BCUT2D eigenvalue weighted by Crippen LogP contribution is -2.52. The molecular weight excluding hydrogens is 252 g/mol. The second-order valence-electron chi connectivity index (χ2n) is 6.58. The Morgan fingerprint density at radius 2 is 1.90 bits per heavy atom. The second kappa shape index (κ2) is 7.99. The number of carboxylic acid groups (broad SMARTS) is 1. The lowest BCUT2D eigenvalue weighted by molar-refractivity contribution is -0.145. The molecule has 0 saturated carbocycles. The molecule has 0 aromatic carbocycles. The van der Waals surface area contributed by atoms with Crippen LogP contribution in [0.1, 0.15) is 53.4 Å². The van der Waals surface area contributed by atoms with Gasteiger partial charge in [0.05, 0.1) is 0 Å². The number of carbonyl (C=O) groups is 1. The van der Waals surface area contributed by atoms with E-state index in [4.69, 9.17) is 0 Å². The van der Waals surface area contributed by atoms with Gasteiger partial charge < -0.3 is 15.3 Å². The Morgan fingerprint density at radius 3 is 2.35 bits per heavy atom. The molecule has 2 N–H and O–H groups in total. The van der Waals surface area contributed by atoms with Gasteiger partial charge >= 0.3 is 5.97 Å². The SMILES string of the molecule is CCNC(CC)(CCCN1CC(C)CC(C)C1)C(=O)O. The molecule has 20 heavy (non-hydrogen) atoms. The number of likely N-dealkylation sites (N-methyl/N-ethyl adjacent to an activating group) is 1. The Balaban J connectivity index is 2.46. The van der Waals surface area contributed by atoms with Gasteiger partial charge in [0.25, 0.3) is 0 Å². The number of nitrogens with one attached hydrogen (secondary N) is 1. The Morgan fingerprint density at radius 1 is 1.30 bits per heavy atom. The minimum atomic E-state index is -0.734. The van der Waals surface area contributed by atoms with Crippen molar-refractivity contribution in [3.05, 3.63) is 0 Å². The highest BCUT2D eigenvalue weighted by Crippen LogP contribution is 2.23. The number of likely N-dealkylation sites (tertiary alicyclic amines) is 1. The minimum absolute atomic E-state index is 0.642. The highest BCUT2D eigenvalue weighted by Gasteiger charge is 2.35. The summed E-state index contributed by atoms with van der Waals surface area (Å²) in [6, 6.07) is 0. The maximum Gasteiger partial charge on any atom is 0.323 e. The molecule has 0 aliphatic carbocycles. The summed E-state index contributed by atoms with van der Waals surface area (Å²) in [5, 5.41) is 12.7. The van der Waals surface area contributed by atoms with Gasteiger partial charge in [-0.2, -0.15) is 0 Å². The van der Waals surface area contributed by atoms with E-state index in [9.17, 15) is 9.90 Å². The largest absolute Gasteiger partial charge is 0.480 e. The van der Waals surface area contributed by atoms with Crippen molar-refractivity contribution in [3.8, 4) is 0 Å². The number of carboxylic acids is 1. The number of hydrogen-bond acceptors (Lipinski definition) is 3. The molecule has 4 heteroatoms. The van der Waals surface area contributed by atoms with Crippen molar-refractivity contribution < 1.29 is 9.90 Å². The van der Waals surface area contributed by atoms with Crippen molar-refractivity contribution in [2.45, 2.75) is 58.9 Å². The fourth-order valence-electron chi connectivity index (χ4n) is 3.64. The van der Waals surface area contributed by atoms with Crippen molar-refractivity contribution in [2.24, 2.45) is 11.8 Å². The van der Waals surface area contributed by atoms with Crippen LogP contribution < -0.4 is 5.32 Å². The van der Waals surface area contributed by atoms with Gasteiger partial charge in [-0.3, -0.25) is 4.79 Å². The quantitative estimate of drug-likeness (QED) is 0.719. The van der Waals surface area contributed by atoms with Gasteiger partial charge in [-0.05, 0) is 50.6 Å². The van der Waals surface area contributed by atoms with Crippen LogP contribution in [0.15, 0.2) is 0 Å². The zero-order valence-electron chi connectivity index (χ0n) is 13.6. The third kappa shape index (κ3) is 4.74. The first-order chi connectivity index (χ1) is 9.43. The first-order valence-corrected chi connectivity index (χ1v) is 8.14. The zero-order chi connectivity index (χ0) is 15.2. The van der Waals surface area contributed by atoms with Crippen LogP contribution in [-0.4, -0.2) is 47.7 Å². The standard InChI is InChI=1S/C16H32N2O2/c1-5-16(15(19)20,17-6-2)8-7-9-18-11-13(3)10-14(4)12-18/h13-14,17H,5-12H2,1-4H3,(H,19,20). The van der Waals surface area contributed by atoms with Crippen LogP contribution in [0.25, 0.3) is 0 Å². The summed E-state index contributed by atoms with van der Waals surface area (Å²) in [6.45, 7) is 12.6. The van der Waals surface area contributed by atoms with Gasteiger partial charge in [0.1, 0.15) is 5.54 Å². The maximum absolute atomic E-state index is 11.6. The molecule has 1 saturated heterocycles. The molecule has 4 nitrogen and oxygen atoms in total. The summed E-state index contributed by atoms with van der Waals surface area (Å²) in [7, 11) is 0. The van der Waals surface area contributed by atoms with Crippen molar-refractivity contribution in [2.75, 3.05) is 26.2 Å². The molecule has 1 aliphatic heterocycles. The van der Waals surface area contributed by atoms with E-state index >= 15 is 0 Å². The fourth-order valence-corrected chi connectivity index (χ4v) is 3.64. The number of aliphatic carboxylic acids is 1. The average molecular weight is 284 g/mol. The van der Waals surface area contributed by atoms with E-state index in [1.807, 2.05) is 13.8 Å². The smallest absolute Gasteiger partial charge is 0.323 e. The zero-order valence-corrected chi connectivity index (χ0v) is 13.6. The normalized spacial score (nSPS) is 27.2. The highest BCUT2D eigenvalue weighted by atomic mass is 16.4. The van der Waals surface area contributed by atoms with E-state index in [2.05, 4.69) is 24.1 Å². The Labute approximate surface area is 123 Å². The monoisotopic (exact) mass is 284 g/mol. The Kier molecular flexibility index (Phi) is 6.96. The Bertz CT molecular complexity index is 299. The highest BCUT2D eigenvalue weighted by molar-refractivity contribution is 5.78. The van der Waals surface area contributed by atoms with E-state index in [0.717, 1.165) is 37.9 Å². The molecule has 118 valence electrons. The molecule has 0 aromatic heterocycles. The van der Waals surface area contributed by atoms with E-state index in [1.54, 1.807) is 0 Å². The lowest BCUT2D eigenvalue weighted by atomic mass is 9.89. The van der Waals surface area contributed by atoms with Gasteiger partial charge in [-0.1, -0.05) is 27.7 Å². The molecule has 1 heterocycles. The van der Waals surface area contributed by atoms with Gasteiger partial charge in [-0.15, -0.1) is 0 Å². The summed E-state index contributed by atoms with van der Waals surface area (Å²) in [4.78, 5) is 14.1. The molecule has 0 radical (unpaired) electrons. The molecular formula is C16H32N2O2. The number of rotatable bonds is 8. The van der Waals surface area contributed by atoms with Gasteiger partial charge in [0, 0.05) is 13.1 Å². The van der Waals surface area contributed by atoms with Crippen LogP contribution in [-0.2, 0) is 4.79 Å². The van der Waals surface area contributed by atoms with E-state index in [-0.39, 0.29) is 0 Å². The van der Waals surface area contributed by atoms with Crippen LogP contribution in [0.3, 0.4) is 0 Å². The van der Waals surface area contributed by atoms with Crippen LogP contribution in [0, 0.1) is 11.8 Å². The molecule has 0 aromatic rings. The summed E-state index contributed by atoms with van der Waals surface area (Å²) in [6.07, 6.45) is 3.63. The van der Waals surface area contributed by atoms with Crippen molar-refractivity contribution >= 4 is 5.97 Å². The molecule has 1 aliphatic rings. The summed E-state index contributed by atoms with van der Waals surface area (Å²) >= 11 is 0. The molecule has 1 rings (SSSR count). The third-order valence-corrected chi connectivity index (χ3v) is 4.55. The number of nitrogens with zero attached hydrogens (tertiary/aromatic N) is 1. The van der Waals surface area contributed by atoms with Crippen LogP contribution in [0.2, 0.25) is 0 Å². The summed E-state index contributed by atoms with van der Waals surface area (Å²) in [5.41, 5.74) is -0.734. The van der Waals surface area contributed by atoms with Crippen LogP contribution in [0.4, 0.5) is 0 Å². The number of hydrogen-bond donors (Lipinski definition) is 2. The van der Waals surface area contributed by atoms with Crippen molar-refractivity contribution in [1.29, 1.82) is 0 Å². The van der Waals surface area contributed by atoms with Gasteiger partial charge in [-0.25, -0.2) is 0 Å². The topological polar surface area (TPSA) is 52.6 Å². The lowest BCUT2D eigenvalue weighted by Gasteiger charge is -2.36. The molecule has 0 bridgehead atoms. The Hall–Kier alpha value is -0.610. The molecule has 3 atom stereocenters. The van der Waals surface area contributed by atoms with E-state index < -0.39 is 11.5 Å². The third-order valence-electron chi connectivity index (χ3n) is 4.55. The van der Waals surface area contributed by atoms with Crippen molar-refractivity contribution in [1.82, 2.24) is 10.2 Å². The van der Waals surface area contributed by atoms with Gasteiger partial charge in [0.15, 0.2) is 0 Å². The molecule has 1 fully saturated rings. The first-order valence-electron chi connectivity index (χ1n) is 8.14. The second-order valence-corrected chi connectivity index (χ2v) is 6.58. The number of piperidine rings is 1. The van der Waals surface area contributed by atoms with Crippen LogP contribution in [0.5, 0.6) is 0 Å². The fraction of sp³-hybridized carbons (Fsp3) is 0.938. The summed E-state index contributed by atoms with van der Waals surface area (Å²) < 4.78 is 0. The maximum atomic E-state index is 11.6. The molecule has 0 amide bonds. The summed E-state index contributed by atoms with van der Waals surface area (Å²) in [5.74, 6) is 0.827. The molecule has 0 spiro atoms. The molecule has 3 unspecified atom stereocenters. The predicted molar refractivity (Wildman–Crippen MR) is 83.0 cm³/mol. The predicted octanol–water partition coefficient (Wildman–Crippen LogP) is 2.59. The van der Waals surface area contributed by atoms with E-state index in [0.29, 0.717) is 19.4 Å². The first kappa shape index (κ1) is 17.4. The average Bonchev–Trinajstić information content (AvgIpc) is 2.36. The minimum Gasteiger partial charge on any atom is -0.480 e.